The SMILES string of the molecule is O=C(Cc1ccccc1)OC(=O)NOCc1ccccc1. The number of esters is 1. The van der Waals surface area contributed by atoms with Crippen molar-refractivity contribution in [1.82, 2.24) is 5.48 Å². The van der Waals surface area contributed by atoms with Gasteiger partial charge in [0.25, 0.3) is 0 Å². The van der Waals surface area contributed by atoms with Crippen molar-refractivity contribution in [3.63, 3.8) is 0 Å². The van der Waals surface area contributed by atoms with E-state index in [0.717, 1.165) is 11.1 Å². The van der Waals surface area contributed by atoms with Gasteiger partial charge in [-0.2, -0.15) is 5.48 Å². The Morgan fingerprint density at radius 3 is 2.05 bits per heavy atom. The third kappa shape index (κ3) is 5.46. The minimum atomic E-state index is -0.924. The van der Waals surface area contributed by atoms with Gasteiger partial charge in [-0.15, -0.1) is 0 Å². The quantitative estimate of drug-likeness (QED) is 0.521. The van der Waals surface area contributed by atoms with Crippen LogP contribution in [0.25, 0.3) is 0 Å². The molecule has 0 aliphatic carbocycles. The number of ether oxygens (including phenoxy) is 1. The second-order valence-corrected chi connectivity index (χ2v) is 4.30. The van der Waals surface area contributed by atoms with Crippen molar-refractivity contribution in [1.29, 1.82) is 0 Å². The van der Waals surface area contributed by atoms with Gasteiger partial charge in [0.2, 0.25) is 0 Å². The van der Waals surface area contributed by atoms with Gasteiger partial charge in [0, 0.05) is 0 Å². The van der Waals surface area contributed by atoms with E-state index in [-0.39, 0.29) is 13.0 Å². The topological polar surface area (TPSA) is 64.6 Å². The van der Waals surface area contributed by atoms with Crippen molar-refractivity contribution in [2.24, 2.45) is 0 Å². The van der Waals surface area contributed by atoms with Crippen LogP contribution in [0.2, 0.25) is 0 Å². The van der Waals surface area contributed by atoms with E-state index in [9.17, 15) is 9.59 Å². The summed E-state index contributed by atoms with van der Waals surface area (Å²) in [5, 5.41) is 0. The fourth-order valence-electron chi connectivity index (χ4n) is 1.68. The summed E-state index contributed by atoms with van der Waals surface area (Å²) in [6.07, 6.45) is -0.890. The Kier molecular flexibility index (Phi) is 5.49. The Morgan fingerprint density at radius 1 is 0.857 bits per heavy atom. The van der Waals surface area contributed by atoms with E-state index in [2.05, 4.69) is 10.2 Å². The highest BCUT2D eigenvalue weighted by Crippen LogP contribution is 2.01. The van der Waals surface area contributed by atoms with Crippen molar-refractivity contribution < 1.29 is 19.2 Å². The largest absolute Gasteiger partial charge is 0.439 e. The molecule has 0 radical (unpaired) electrons. The van der Waals surface area contributed by atoms with Crippen LogP contribution in [0.5, 0.6) is 0 Å². The number of hydrogen-bond acceptors (Lipinski definition) is 4. The lowest BCUT2D eigenvalue weighted by Gasteiger charge is -2.06. The molecular formula is C16H15NO4. The van der Waals surface area contributed by atoms with E-state index in [1.165, 1.54) is 0 Å². The third-order valence-corrected chi connectivity index (χ3v) is 2.63. The van der Waals surface area contributed by atoms with Gasteiger partial charge < -0.3 is 4.74 Å². The second kappa shape index (κ2) is 7.81. The summed E-state index contributed by atoms with van der Waals surface area (Å²) in [6, 6.07) is 18.3. The lowest BCUT2D eigenvalue weighted by atomic mass is 10.2. The Labute approximate surface area is 122 Å². The van der Waals surface area contributed by atoms with Crippen molar-refractivity contribution >= 4 is 12.1 Å². The monoisotopic (exact) mass is 285 g/mol. The van der Waals surface area contributed by atoms with Gasteiger partial charge in [-0.05, 0) is 11.1 Å². The summed E-state index contributed by atoms with van der Waals surface area (Å²) in [5.41, 5.74) is 3.74. The molecule has 0 unspecified atom stereocenters. The van der Waals surface area contributed by atoms with Crippen LogP contribution in [0.1, 0.15) is 11.1 Å². The maximum Gasteiger partial charge on any atom is 0.439 e. The zero-order valence-corrected chi connectivity index (χ0v) is 11.3. The number of hydrogen-bond donors (Lipinski definition) is 1. The van der Waals surface area contributed by atoms with E-state index in [1.54, 1.807) is 12.1 Å². The molecule has 21 heavy (non-hydrogen) atoms. The van der Waals surface area contributed by atoms with Crippen LogP contribution < -0.4 is 5.48 Å². The van der Waals surface area contributed by atoms with Gasteiger partial charge in [0.15, 0.2) is 0 Å². The van der Waals surface area contributed by atoms with Crippen LogP contribution >= 0.6 is 0 Å². The van der Waals surface area contributed by atoms with Crippen LogP contribution in [0.4, 0.5) is 4.79 Å². The van der Waals surface area contributed by atoms with Crippen LogP contribution in [0.3, 0.4) is 0 Å². The first-order valence-corrected chi connectivity index (χ1v) is 6.44. The van der Waals surface area contributed by atoms with E-state index < -0.39 is 12.1 Å². The van der Waals surface area contributed by atoms with Gasteiger partial charge in [0.1, 0.15) is 0 Å². The Balaban J connectivity index is 1.68. The molecule has 2 aromatic rings. The van der Waals surface area contributed by atoms with E-state index >= 15 is 0 Å². The molecule has 0 saturated carbocycles. The molecule has 5 heteroatoms. The summed E-state index contributed by atoms with van der Waals surface area (Å²) in [7, 11) is 0. The molecule has 0 saturated heterocycles. The predicted molar refractivity (Wildman–Crippen MR) is 76.0 cm³/mol. The Morgan fingerprint density at radius 2 is 1.43 bits per heavy atom. The number of carbonyl (C=O) groups excluding carboxylic acids is 2. The number of carbonyl (C=O) groups is 2. The van der Waals surface area contributed by atoms with Gasteiger partial charge in [0.05, 0.1) is 13.0 Å². The van der Waals surface area contributed by atoms with Gasteiger partial charge >= 0.3 is 12.1 Å². The van der Waals surface area contributed by atoms with E-state index in [0.29, 0.717) is 0 Å². The number of benzene rings is 2. The second-order valence-electron chi connectivity index (χ2n) is 4.30. The molecule has 1 N–H and O–H groups in total. The summed E-state index contributed by atoms with van der Waals surface area (Å²) < 4.78 is 4.58. The number of amides is 1. The minimum absolute atomic E-state index is 0.0347. The van der Waals surface area contributed by atoms with Crippen molar-refractivity contribution in [2.45, 2.75) is 13.0 Å². The van der Waals surface area contributed by atoms with Crippen LogP contribution in [-0.2, 0) is 27.4 Å². The summed E-state index contributed by atoms with van der Waals surface area (Å²) in [4.78, 5) is 27.8. The van der Waals surface area contributed by atoms with Crippen molar-refractivity contribution in [3.05, 3.63) is 71.8 Å². The van der Waals surface area contributed by atoms with Gasteiger partial charge in [-0.3, -0.25) is 9.63 Å². The molecule has 0 atom stereocenters. The summed E-state index contributed by atoms with van der Waals surface area (Å²) in [6.45, 7) is 0.197. The van der Waals surface area contributed by atoms with Gasteiger partial charge in [-0.1, -0.05) is 60.7 Å². The highest BCUT2D eigenvalue weighted by molar-refractivity contribution is 5.85. The molecule has 0 spiro atoms. The van der Waals surface area contributed by atoms with Gasteiger partial charge in [-0.25, -0.2) is 4.79 Å². The molecule has 2 aromatic carbocycles. The van der Waals surface area contributed by atoms with E-state index in [1.807, 2.05) is 48.5 Å². The normalized spacial score (nSPS) is 9.90. The fraction of sp³-hybridized carbons (Fsp3) is 0.125. The first kappa shape index (κ1) is 14.7. The average molecular weight is 285 g/mol. The van der Waals surface area contributed by atoms with Crippen LogP contribution in [-0.4, -0.2) is 12.1 Å². The molecule has 0 aliphatic heterocycles. The summed E-state index contributed by atoms with van der Waals surface area (Å²) >= 11 is 0. The highest BCUT2D eigenvalue weighted by Gasteiger charge is 2.10. The number of rotatable bonds is 5. The van der Waals surface area contributed by atoms with Crippen LogP contribution in [0, 0.1) is 0 Å². The molecule has 0 aliphatic rings. The maximum atomic E-state index is 11.5. The fourth-order valence-corrected chi connectivity index (χ4v) is 1.68. The molecule has 1 amide bonds. The molecule has 0 heterocycles. The molecule has 0 fully saturated rings. The smallest absolute Gasteiger partial charge is 0.374 e. The standard InChI is InChI=1S/C16H15NO4/c18-15(11-13-7-3-1-4-8-13)21-16(19)17-20-12-14-9-5-2-6-10-14/h1-10H,11-12H2,(H,17,19). The van der Waals surface area contributed by atoms with E-state index in [4.69, 9.17) is 4.84 Å². The number of nitrogens with one attached hydrogen (secondary N) is 1. The third-order valence-electron chi connectivity index (χ3n) is 2.63. The number of hydroxylamine groups is 1. The predicted octanol–water partition coefficient (Wildman–Crippen LogP) is 2.61. The van der Waals surface area contributed by atoms with Crippen LogP contribution in [0.15, 0.2) is 60.7 Å². The zero-order chi connectivity index (χ0) is 14.9. The summed E-state index contributed by atoms with van der Waals surface area (Å²) in [5.74, 6) is -0.637. The molecule has 5 nitrogen and oxygen atoms in total. The van der Waals surface area contributed by atoms with Crippen molar-refractivity contribution in [3.8, 4) is 0 Å². The average Bonchev–Trinajstić information content (AvgIpc) is 2.49. The zero-order valence-electron chi connectivity index (χ0n) is 11.3. The first-order valence-electron chi connectivity index (χ1n) is 6.44. The molecule has 2 rings (SSSR count). The molecule has 0 aromatic heterocycles. The lowest BCUT2D eigenvalue weighted by molar-refractivity contribution is -0.137. The maximum absolute atomic E-state index is 11.5. The van der Waals surface area contributed by atoms with Crippen molar-refractivity contribution in [2.75, 3.05) is 0 Å². The highest BCUT2D eigenvalue weighted by atomic mass is 16.7. The lowest BCUT2D eigenvalue weighted by Crippen LogP contribution is -2.27. The molecule has 0 bridgehead atoms. The Bertz CT molecular complexity index is 584. The molecular weight excluding hydrogens is 270 g/mol. The first-order chi connectivity index (χ1) is 10.2. The minimum Gasteiger partial charge on any atom is -0.374 e. The molecule has 108 valence electrons. The Hall–Kier alpha value is -2.66.